The standard InChI is InChI=1S/C26H34N4O2/c1-19-8-6-9-22(16-19)32-20(2)17-28-26(27-3)30-18-21(23-10-4-5-11-24(23)30)13-15-29-14-7-12-25(29)31/h4-6,8-11,16,20-21H,7,12-15,17-18H2,1-3H3,(H,27,28). The number of hydrogen-bond donors (Lipinski definition) is 1. The molecule has 2 unspecified atom stereocenters. The van der Waals surface area contributed by atoms with Crippen LogP contribution in [-0.2, 0) is 4.79 Å². The number of ether oxygens (including phenoxy) is 1. The summed E-state index contributed by atoms with van der Waals surface area (Å²) < 4.78 is 6.08. The average molecular weight is 435 g/mol. The number of guanidine groups is 1. The monoisotopic (exact) mass is 434 g/mol. The van der Waals surface area contributed by atoms with Gasteiger partial charge in [0.2, 0.25) is 5.91 Å². The number of anilines is 1. The molecule has 1 saturated heterocycles. The Morgan fingerprint density at radius 1 is 1.25 bits per heavy atom. The van der Waals surface area contributed by atoms with E-state index in [4.69, 9.17) is 4.74 Å². The van der Waals surface area contributed by atoms with Crippen molar-refractivity contribution in [2.45, 2.75) is 45.1 Å². The molecule has 1 N–H and O–H groups in total. The van der Waals surface area contributed by atoms with E-state index in [1.165, 1.54) is 16.8 Å². The first kappa shape index (κ1) is 22.2. The van der Waals surface area contributed by atoms with Crippen LogP contribution >= 0.6 is 0 Å². The zero-order chi connectivity index (χ0) is 22.5. The molecule has 0 radical (unpaired) electrons. The minimum Gasteiger partial charge on any atom is -0.489 e. The van der Waals surface area contributed by atoms with Crippen LogP contribution in [0.4, 0.5) is 5.69 Å². The number of fused-ring (bicyclic) bond motifs is 1. The van der Waals surface area contributed by atoms with Crippen molar-refractivity contribution in [3.8, 4) is 5.75 Å². The Hall–Kier alpha value is -3.02. The summed E-state index contributed by atoms with van der Waals surface area (Å²) >= 11 is 0. The van der Waals surface area contributed by atoms with Crippen LogP contribution in [0.2, 0.25) is 0 Å². The predicted octanol–water partition coefficient (Wildman–Crippen LogP) is 3.95. The molecule has 2 aliphatic rings. The summed E-state index contributed by atoms with van der Waals surface area (Å²) in [6, 6.07) is 16.7. The second-order valence-corrected chi connectivity index (χ2v) is 8.81. The lowest BCUT2D eigenvalue weighted by Crippen LogP contribution is -2.44. The lowest BCUT2D eigenvalue weighted by atomic mass is 9.98. The summed E-state index contributed by atoms with van der Waals surface area (Å²) in [5.41, 5.74) is 3.73. The first-order valence-electron chi connectivity index (χ1n) is 11.6. The second kappa shape index (κ2) is 10.1. The molecule has 2 atom stereocenters. The van der Waals surface area contributed by atoms with Gasteiger partial charge in [-0.15, -0.1) is 0 Å². The third-order valence-corrected chi connectivity index (χ3v) is 6.33. The van der Waals surface area contributed by atoms with Crippen molar-refractivity contribution in [1.82, 2.24) is 10.2 Å². The highest BCUT2D eigenvalue weighted by atomic mass is 16.5. The first-order valence-corrected chi connectivity index (χ1v) is 11.6. The number of benzene rings is 2. The summed E-state index contributed by atoms with van der Waals surface area (Å²) in [5, 5.41) is 3.50. The maximum absolute atomic E-state index is 12.0. The van der Waals surface area contributed by atoms with Gasteiger partial charge in [0, 0.05) is 44.7 Å². The van der Waals surface area contributed by atoms with Crippen LogP contribution in [0.25, 0.3) is 0 Å². The van der Waals surface area contributed by atoms with Gasteiger partial charge in [0.15, 0.2) is 5.96 Å². The average Bonchev–Trinajstić information content (AvgIpc) is 3.36. The Balaban J connectivity index is 1.38. The van der Waals surface area contributed by atoms with Crippen LogP contribution in [0.5, 0.6) is 5.75 Å². The SMILES string of the molecule is CN=C(NCC(C)Oc1cccc(C)c1)N1CC(CCN2CCCC2=O)c2ccccc21. The number of rotatable bonds is 7. The topological polar surface area (TPSA) is 57.2 Å². The fourth-order valence-corrected chi connectivity index (χ4v) is 4.69. The van der Waals surface area contributed by atoms with Crippen molar-refractivity contribution in [3.63, 3.8) is 0 Å². The predicted molar refractivity (Wildman–Crippen MR) is 130 cm³/mol. The van der Waals surface area contributed by atoms with E-state index in [0.717, 1.165) is 44.2 Å². The zero-order valence-corrected chi connectivity index (χ0v) is 19.4. The molecule has 4 rings (SSSR count). The lowest BCUT2D eigenvalue weighted by molar-refractivity contribution is -0.127. The maximum atomic E-state index is 12.0. The van der Waals surface area contributed by atoms with Crippen LogP contribution in [0.3, 0.4) is 0 Å². The normalized spacial score (nSPS) is 19.3. The number of para-hydroxylation sites is 1. The molecule has 0 aliphatic carbocycles. The number of nitrogens with one attached hydrogen (secondary N) is 1. The first-order chi connectivity index (χ1) is 15.5. The molecule has 6 heteroatoms. The Bertz CT molecular complexity index is 974. The second-order valence-electron chi connectivity index (χ2n) is 8.81. The molecule has 0 spiro atoms. The van der Waals surface area contributed by atoms with Gasteiger partial charge >= 0.3 is 0 Å². The molecule has 0 bridgehead atoms. The Kier molecular flexibility index (Phi) is 6.98. The molecule has 2 aromatic carbocycles. The highest BCUT2D eigenvalue weighted by Gasteiger charge is 2.32. The lowest BCUT2D eigenvalue weighted by Gasteiger charge is -2.25. The van der Waals surface area contributed by atoms with Gasteiger partial charge in [-0.2, -0.15) is 0 Å². The van der Waals surface area contributed by atoms with Gasteiger partial charge in [-0.25, -0.2) is 0 Å². The molecule has 0 aromatic heterocycles. The number of aryl methyl sites for hydroxylation is 1. The summed E-state index contributed by atoms with van der Waals surface area (Å²) in [4.78, 5) is 20.9. The molecule has 0 saturated carbocycles. The quantitative estimate of drug-likeness (QED) is 0.530. The summed E-state index contributed by atoms with van der Waals surface area (Å²) in [6.45, 7) is 7.40. The molecule has 2 aliphatic heterocycles. The Morgan fingerprint density at radius 3 is 2.84 bits per heavy atom. The Labute approximate surface area is 191 Å². The molecule has 32 heavy (non-hydrogen) atoms. The number of nitrogens with zero attached hydrogens (tertiary/aromatic N) is 3. The van der Waals surface area contributed by atoms with Crippen molar-refractivity contribution < 1.29 is 9.53 Å². The molecule has 1 fully saturated rings. The fraction of sp³-hybridized carbons (Fsp3) is 0.462. The highest BCUT2D eigenvalue weighted by molar-refractivity contribution is 5.98. The van der Waals surface area contributed by atoms with Gasteiger partial charge < -0.3 is 19.9 Å². The van der Waals surface area contributed by atoms with Gasteiger partial charge in [-0.05, 0) is 56.0 Å². The number of amides is 1. The molecule has 2 heterocycles. The van der Waals surface area contributed by atoms with Crippen molar-refractivity contribution in [3.05, 3.63) is 59.7 Å². The van der Waals surface area contributed by atoms with E-state index < -0.39 is 0 Å². The number of aliphatic imine (C=N–C) groups is 1. The van der Waals surface area contributed by atoms with Crippen molar-refractivity contribution in [2.75, 3.05) is 38.1 Å². The number of hydrogen-bond acceptors (Lipinski definition) is 3. The van der Waals surface area contributed by atoms with E-state index in [1.807, 2.05) is 24.1 Å². The number of likely N-dealkylation sites (tertiary alicyclic amines) is 1. The molecule has 6 nitrogen and oxygen atoms in total. The minimum atomic E-state index is 0.00312. The van der Waals surface area contributed by atoms with Crippen molar-refractivity contribution >= 4 is 17.6 Å². The van der Waals surface area contributed by atoms with Crippen molar-refractivity contribution in [1.29, 1.82) is 0 Å². The van der Waals surface area contributed by atoms with Gasteiger partial charge in [0.25, 0.3) is 0 Å². The summed E-state index contributed by atoms with van der Waals surface area (Å²) in [6.07, 6.45) is 2.67. The van der Waals surface area contributed by atoms with Crippen LogP contribution in [-0.4, -0.2) is 56.1 Å². The third kappa shape index (κ3) is 5.06. The molecular formula is C26H34N4O2. The summed E-state index contributed by atoms with van der Waals surface area (Å²) in [7, 11) is 1.83. The number of carbonyl (C=O) groups excluding carboxylic acids is 1. The van der Waals surface area contributed by atoms with Crippen LogP contribution in [0, 0.1) is 6.92 Å². The Morgan fingerprint density at radius 2 is 2.09 bits per heavy atom. The molecule has 170 valence electrons. The molecule has 2 aromatic rings. The van der Waals surface area contributed by atoms with Gasteiger partial charge in [0.1, 0.15) is 11.9 Å². The zero-order valence-electron chi connectivity index (χ0n) is 19.4. The van der Waals surface area contributed by atoms with Crippen LogP contribution in [0.1, 0.15) is 43.2 Å². The molecular weight excluding hydrogens is 400 g/mol. The van der Waals surface area contributed by atoms with E-state index in [9.17, 15) is 4.79 Å². The van der Waals surface area contributed by atoms with E-state index in [-0.39, 0.29) is 6.10 Å². The molecule has 1 amide bonds. The van der Waals surface area contributed by atoms with Crippen molar-refractivity contribution in [2.24, 2.45) is 4.99 Å². The van der Waals surface area contributed by atoms with E-state index >= 15 is 0 Å². The fourth-order valence-electron chi connectivity index (χ4n) is 4.69. The van der Waals surface area contributed by atoms with E-state index in [1.54, 1.807) is 0 Å². The van der Waals surface area contributed by atoms with Gasteiger partial charge in [-0.3, -0.25) is 9.79 Å². The van der Waals surface area contributed by atoms with Gasteiger partial charge in [0.05, 0.1) is 6.54 Å². The van der Waals surface area contributed by atoms with Crippen LogP contribution < -0.4 is 15.0 Å². The third-order valence-electron chi connectivity index (χ3n) is 6.33. The largest absolute Gasteiger partial charge is 0.489 e. The highest BCUT2D eigenvalue weighted by Crippen LogP contribution is 2.38. The number of carbonyl (C=O) groups is 1. The minimum absolute atomic E-state index is 0.00312. The van der Waals surface area contributed by atoms with Gasteiger partial charge in [-0.1, -0.05) is 30.3 Å². The summed E-state index contributed by atoms with van der Waals surface area (Å²) in [5.74, 6) is 2.43. The van der Waals surface area contributed by atoms with E-state index in [0.29, 0.717) is 24.8 Å². The van der Waals surface area contributed by atoms with E-state index in [2.05, 4.69) is 65.5 Å². The van der Waals surface area contributed by atoms with Crippen LogP contribution in [0.15, 0.2) is 53.5 Å². The maximum Gasteiger partial charge on any atom is 0.222 e. The smallest absolute Gasteiger partial charge is 0.222 e.